The summed E-state index contributed by atoms with van der Waals surface area (Å²) in [5, 5.41) is 3.44. The van der Waals surface area contributed by atoms with Crippen molar-refractivity contribution in [2.45, 2.75) is 33.1 Å². The quantitative estimate of drug-likeness (QED) is 0.678. The minimum Gasteiger partial charge on any atom is -0.484 e. The van der Waals surface area contributed by atoms with Crippen molar-refractivity contribution in [3.05, 3.63) is 53.6 Å². The summed E-state index contributed by atoms with van der Waals surface area (Å²) >= 11 is 1.48. The number of aromatic nitrogens is 1. The predicted octanol–water partition coefficient (Wildman–Crippen LogP) is 5.00. The molecule has 3 aromatic rings. The van der Waals surface area contributed by atoms with Gasteiger partial charge in [0.2, 0.25) is 0 Å². The van der Waals surface area contributed by atoms with Gasteiger partial charge in [0.15, 0.2) is 11.7 Å². The molecule has 1 amide bonds. The lowest BCUT2D eigenvalue weighted by atomic mass is 10.0. The van der Waals surface area contributed by atoms with Crippen LogP contribution in [0.4, 0.5) is 5.13 Å². The molecule has 2 aromatic carbocycles. The Kier molecular flexibility index (Phi) is 5.34. The van der Waals surface area contributed by atoms with E-state index in [4.69, 9.17) is 4.74 Å². The molecule has 5 heteroatoms. The fourth-order valence-corrected chi connectivity index (χ4v) is 3.53. The van der Waals surface area contributed by atoms with Crippen LogP contribution in [-0.2, 0) is 11.2 Å². The molecule has 0 bridgehead atoms. The second-order valence-electron chi connectivity index (χ2n) is 6.20. The zero-order valence-corrected chi connectivity index (χ0v) is 15.5. The maximum atomic E-state index is 12.1. The van der Waals surface area contributed by atoms with Crippen LogP contribution in [0.3, 0.4) is 0 Å². The van der Waals surface area contributed by atoms with E-state index in [0.717, 1.165) is 16.6 Å². The van der Waals surface area contributed by atoms with Crippen molar-refractivity contribution in [2.24, 2.45) is 0 Å². The molecule has 0 spiro atoms. The number of rotatable bonds is 6. The highest BCUT2D eigenvalue weighted by Gasteiger charge is 2.10. The fourth-order valence-electron chi connectivity index (χ4n) is 2.60. The molecular weight excluding hydrogens is 332 g/mol. The second kappa shape index (κ2) is 7.66. The summed E-state index contributed by atoms with van der Waals surface area (Å²) in [4.78, 5) is 16.7. The Morgan fingerprint density at radius 2 is 1.96 bits per heavy atom. The van der Waals surface area contributed by atoms with Gasteiger partial charge >= 0.3 is 0 Å². The lowest BCUT2D eigenvalue weighted by Crippen LogP contribution is -2.20. The van der Waals surface area contributed by atoms with E-state index < -0.39 is 0 Å². The number of benzene rings is 2. The standard InChI is InChI=1S/C20H22N2O2S/c1-4-14-6-5-7-17-19(14)22-20(25-17)21-18(23)12-24-16-10-8-15(9-11-16)13(2)3/h5-11,13H,4,12H2,1-3H3,(H,21,22,23). The van der Waals surface area contributed by atoms with Crippen LogP contribution < -0.4 is 10.1 Å². The summed E-state index contributed by atoms with van der Waals surface area (Å²) in [6, 6.07) is 14.0. The summed E-state index contributed by atoms with van der Waals surface area (Å²) < 4.78 is 6.64. The molecule has 0 aliphatic heterocycles. The fraction of sp³-hybridized carbons (Fsp3) is 0.300. The van der Waals surface area contributed by atoms with Gasteiger partial charge in [-0.15, -0.1) is 0 Å². The Morgan fingerprint density at radius 1 is 1.20 bits per heavy atom. The van der Waals surface area contributed by atoms with Crippen molar-refractivity contribution in [3.63, 3.8) is 0 Å². The van der Waals surface area contributed by atoms with Crippen LogP contribution in [0.25, 0.3) is 10.2 Å². The van der Waals surface area contributed by atoms with Crippen LogP contribution in [0.15, 0.2) is 42.5 Å². The van der Waals surface area contributed by atoms with Crippen molar-refractivity contribution in [2.75, 3.05) is 11.9 Å². The smallest absolute Gasteiger partial charge is 0.264 e. The summed E-state index contributed by atoms with van der Waals surface area (Å²) in [6.07, 6.45) is 0.921. The number of thiazole rings is 1. The number of ether oxygens (including phenoxy) is 1. The van der Waals surface area contributed by atoms with Gasteiger partial charge in [-0.3, -0.25) is 10.1 Å². The van der Waals surface area contributed by atoms with Gasteiger partial charge in [0.05, 0.1) is 10.2 Å². The zero-order valence-electron chi connectivity index (χ0n) is 14.7. The Morgan fingerprint density at radius 3 is 2.64 bits per heavy atom. The normalized spacial score (nSPS) is 11.0. The van der Waals surface area contributed by atoms with Crippen LogP contribution >= 0.6 is 11.3 Å². The number of nitrogens with one attached hydrogen (secondary N) is 1. The first kappa shape index (κ1) is 17.4. The average molecular weight is 354 g/mol. The van der Waals surface area contributed by atoms with E-state index in [-0.39, 0.29) is 12.5 Å². The van der Waals surface area contributed by atoms with Crippen LogP contribution in [0, 0.1) is 0 Å². The van der Waals surface area contributed by atoms with Crippen LogP contribution in [0.1, 0.15) is 37.8 Å². The SMILES string of the molecule is CCc1cccc2sc(NC(=O)COc3ccc(C(C)C)cc3)nc12. The van der Waals surface area contributed by atoms with Gasteiger partial charge in [0.25, 0.3) is 5.91 Å². The molecule has 0 atom stereocenters. The van der Waals surface area contributed by atoms with Crippen molar-refractivity contribution in [1.29, 1.82) is 0 Å². The highest BCUT2D eigenvalue weighted by Crippen LogP contribution is 2.28. The van der Waals surface area contributed by atoms with Crippen molar-refractivity contribution < 1.29 is 9.53 Å². The molecule has 25 heavy (non-hydrogen) atoms. The molecule has 3 rings (SSSR count). The van der Waals surface area contributed by atoms with E-state index >= 15 is 0 Å². The highest BCUT2D eigenvalue weighted by atomic mass is 32.1. The molecule has 0 saturated heterocycles. The first-order valence-corrected chi connectivity index (χ1v) is 9.29. The molecule has 4 nitrogen and oxygen atoms in total. The summed E-state index contributed by atoms with van der Waals surface area (Å²) in [5.74, 6) is 0.964. The molecule has 0 aliphatic carbocycles. The van der Waals surface area contributed by atoms with Gasteiger partial charge in [-0.2, -0.15) is 0 Å². The van der Waals surface area contributed by atoms with Gasteiger partial charge < -0.3 is 4.74 Å². The maximum Gasteiger partial charge on any atom is 0.264 e. The first-order valence-electron chi connectivity index (χ1n) is 8.48. The van der Waals surface area contributed by atoms with E-state index in [1.54, 1.807) is 0 Å². The average Bonchev–Trinajstić information content (AvgIpc) is 3.02. The number of carbonyl (C=O) groups excluding carboxylic acids is 1. The summed E-state index contributed by atoms with van der Waals surface area (Å²) in [5.41, 5.74) is 3.41. The van der Waals surface area contributed by atoms with Crippen LogP contribution in [0.5, 0.6) is 5.75 Å². The highest BCUT2D eigenvalue weighted by molar-refractivity contribution is 7.22. The molecule has 0 radical (unpaired) electrons. The third-order valence-corrected chi connectivity index (χ3v) is 4.98. The monoisotopic (exact) mass is 354 g/mol. The van der Waals surface area contributed by atoms with Crippen molar-refractivity contribution in [1.82, 2.24) is 4.98 Å². The van der Waals surface area contributed by atoms with E-state index in [9.17, 15) is 4.79 Å². The van der Waals surface area contributed by atoms with E-state index in [2.05, 4.69) is 37.1 Å². The van der Waals surface area contributed by atoms with Crippen molar-refractivity contribution >= 4 is 32.6 Å². The Hall–Kier alpha value is -2.40. The molecule has 0 saturated carbocycles. The van der Waals surface area contributed by atoms with Gasteiger partial charge in [-0.25, -0.2) is 4.98 Å². The van der Waals surface area contributed by atoms with Gasteiger partial charge in [-0.05, 0) is 41.7 Å². The number of anilines is 1. The van der Waals surface area contributed by atoms with Gasteiger partial charge in [0, 0.05) is 0 Å². The third-order valence-electron chi connectivity index (χ3n) is 4.05. The number of nitrogens with zero attached hydrogens (tertiary/aromatic N) is 1. The van der Waals surface area contributed by atoms with E-state index in [0.29, 0.717) is 16.8 Å². The molecule has 130 valence electrons. The van der Waals surface area contributed by atoms with Gasteiger partial charge in [0.1, 0.15) is 5.75 Å². The van der Waals surface area contributed by atoms with E-state index in [1.807, 2.05) is 36.4 Å². The van der Waals surface area contributed by atoms with Crippen LogP contribution in [-0.4, -0.2) is 17.5 Å². The Balaban J connectivity index is 1.61. The summed E-state index contributed by atoms with van der Waals surface area (Å²) in [7, 11) is 0. The number of aryl methyl sites for hydroxylation is 1. The third kappa shape index (κ3) is 4.17. The topological polar surface area (TPSA) is 51.2 Å². The lowest BCUT2D eigenvalue weighted by molar-refractivity contribution is -0.118. The molecule has 0 fully saturated rings. The predicted molar refractivity (Wildman–Crippen MR) is 104 cm³/mol. The number of hydrogen-bond donors (Lipinski definition) is 1. The Labute approximate surface area is 151 Å². The number of carbonyl (C=O) groups is 1. The minimum atomic E-state index is -0.204. The largest absolute Gasteiger partial charge is 0.484 e. The number of fused-ring (bicyclic) bond motifs is 1. The minimum absolute atomic E-state index is 0.0302. The molecule has 0 aliphatic rings. The Bertz CT molecular complexity index is 869. The number of hydrogen-bond acceptors (Lipinski definition) is 4. The zero-order chi connectivity index (χ0) is 17.8. The molecular formula is C20H22N2O2S. The first-order chi connectivity index (χ1) is 12.1. The van der Waals surface area contributed by atoms with Crippen molar-refractivity contribution in [3.8, 4) is 5.75 Å². The summed E-state index contributed by atoms with van der Waals surface area (Å²) in [6.45, 7) is 6.36. The maximum absolute atomic E-state index is 12.1. The molecule has 1 aromatic heterocycles. The number of amides is 1. The van der Waals surface area contributed by atoms with Gasteiger partial charge in [-0.1, -0.05) is 56.4 Å². The van der Waals surface area contributed by atoms with E-state index in [1.165, 1.54) is 22.5 Å². The molecule has 1 heterocycles. The lowest BCUT2D eigenvalue weighted by Gasteiger charge is -2.08. The molecule has 1 N–H and O–H groups in total. The number of para-hydroxylation sites is 1. The van der Waals surface area contributed by atoms with Crippen LogP contribution in [0.2, 0.25) is 0 Å². The second-order valence-corrected chi connectivity index (χ2v) is 7.23. The molecule has 0 unspecified atom stereocenters.